The van der Waals surface area contributed by atoms with Crippen LogP contribution in [0.1, 0.15) is 46.0 Å². The molecule has 0 bridgehead atoms. The Morgan fingerprint density at radius 3 is 2.67 bits per heavy atom. The lowest BCUT2D eigenvalue weighted by Gasteiger charge is -1.98. The first-order chi connectivity index (χ1) is 5.74. The van der Waals surface area contributed by atoms with Gasteiger partial charge in [0.1, 0.15) is 0 Å². The Hall–Kier alpha value is -0.0800. The summed E-state index contributed by atoms with van der Waals surface area (Å²) in [6.07, 6.45) is 6.48. The molecule has 0 aromatic carbocycles. The second kappa shape index (κ2) is 4.83. The molecule has 1 aliphatic heterocycles. The van der Waals surface area contributed by atoms with Gasteiger partial charge in [0, 0.05) is 6.42 Å². The fourth-order valence-corrected chi connectivity index (χ4v) is 1.57. The minimum atomic E-state index is -0.203. The Bertz CT molecular complexity index is 123. The van der Waals surface area contributed by atoms with E-state index in [0.717, 1.165) is 6.42 Å². The van der Waals surface area contributed by atoms with Crippen LogP contribution in [0.3, 0.4) is 0 Å². The largest absolute Gasteiger partial charge is 0.393 e. The third-order valence-corrected chi connectivity index (χ3v) is 2.35. The summed E-state index contributed by atoms with van der Waals surface area (Å²) in [6, 6.07) is 0. The number of rotatable bonds is 6. The Kier molecular flexibility index (Phi) is 4.02. The SMILES string of the molecule is CCCCCC1OC1CC(C)O. The Balaban J connectivity index is 1.93. The van der Waals surface area contributed by atoms with Gasteiger partial charge in [-0.15, -0.1) is 0 Å². The molecule has 3 atom stereocenters. The topological polar surface area (TPSA) is 32.8 Å². The second-order valence-corrected chi connectivity index (χ2v) is 3.79. The van der Waals surface area contributed by atoms with Gasteiger partial charge in [0.05, 0.1) is 18.3 Å². The first-order valence-electron chi connectivity index (χ1n) is 5.07. The fourth-order valence-electron chi connectivity index (χ4n) is 1.57. The predicted octanol–water partition coefficient (Wildman–Crippen LogP) is 2.11. The number of unbranched alkanes of at least 4 members (excludes halogenated alkanes) is 2. The van der Waals surface area contributed by atoms with Crippen LogP contribution >= 0.6 is 0 Å². The van der Waals surface area contributed by atoms with Crippen molar-refractivity contribution in [3.63, 3.8) is 0 Å². The van der Waals surface area contributed by atoms with Crippen molar-refractivity contribution in [3.8, 4) is 0 Å². The van der Waals surface area contributed by atoms with Crippen molar-refractivity contribution < 1.29 is 9.84 Å². The van der Waals surface area contributed by atoms with Gasteiger partial charge in [-0.25, -0.2) is 0 Å². The highest BCUT2D eigenvalue weighted by Crippen LogP contribution is 2.30. The number of hydrogen-bond donors (Lipinski definition) is 1. The van der Waals surface area contributed by atoms with Crippen molar-refractivity contribution in [2.45, 2.75) is 64.3 Å². The number of ether oxygens (including phenoxy) is 1. The summed E-state index contributed by atoms with van der Waals surface area (Å²) in [5.41, 5.74) is 0. The minimum absolute atomic E-state index is 0.203. The molecule has 0 aliphatic carbocycles. The molecule has 1 aliphatic rings. The van der Waals surface area contributed by atoms with E-state index >= 15 is 0 Å². The monoisotopic (exact) mass is 172 g/mol. The number of epoxide rings is 1. The molecule has 0 spiro atoms. The number of hydrogen-bond acceptors (Lipinski definition) is 2. The van der Waals surface area contributed by atoms with Crippen molar-refractivity contribution >= 4 is 0 Å². The first-order valence-corrected chi connectivity index (χ1v) is 5.07. The lowest BCUT2D eigenvalue weighted by Crippen LogP contribution is -2.06. The molecule has 3 unspecified atom stereocenters. The maximum atomic E-state index is 9.07. The van der Waals surface area contributed by atoms with Gasteiger partial charge in [0.15, 0.2) is 0 Å². The van der Waals surface area contributed by atoms with Crippen LogP contribution in [0.15, 0.2) is 0 Å². The molecule has 0 saturated carbocycles. The molecule has 0 radical (unpaired) electrons. The molecule has 0 aromatic heterocycles. The van der Waals surface area contributed by atoms with Gasteiger partial charge in [0.25, 0.3) is 0 Å². The highest BCUT2D eigenvalue weighted by Gasteiger charge is 2.38. The van der Waals surface area contributed by atoms with E-state index in [1.807, 2.05) is 6.92 Å². The summed E-state index contributed by atoms with van der Waals surface area (Å²) in [7, 11) is 0. The van der Waals surface area contributed by atoms with E-state index in [9.17, 15) is 0 Å². The molecule has 1 heterocycles. The molecule has 12 heavy (non-hydrogen) atoms. The molecule has 2 nitrogen and oxygen atoms in total. The summed E-state index contributed by atoms with van der Waals surface area (Å²) < 4.78 is 5.41. The second-order valence-electron chi connectivity index (χ2n) is 3.79. The van der Waals surface area contributed by atoms with Gasteiger partial charge in [0.2, 0.25) is 0 Å². The van der Waals surface area contributed by atoms with E-state index in [0.29, 0.717) is 12.2 Å². The highest BCUT2D eigenvalue weighted by molar-refractivity contribution is 4.85. The maximum Gasteiger partial charge on any atom is 0.0866 e. The lowest BCUT2D eigenvalue weighted by atomic mass is 10.1. The smallest absolute Gasteiger partial charge is 0.0866 e. The van der Waals surface area contributed by atoms with Crippen LogP contribution in [0.4, 0.5) is 0 Å². The molecule has 0 amide bonds. The molecule has 0 aromatic rings. The number of aliphatic hydroxyl groups excluding tert-OH is 1. The maximum absolute atomic E-state index is 9.07. The Morgan fingerprint density at radius 2 is 2.08 bits per heavy atom. The highest BCUT2D eigenvalue weighted by atomic mass is 16.6. The molecular formula is C10H20O2. The Morgan fingerprint density at radius 1 is 1.33 bits per heavy atom. The van der Waals surface area contributed by atoms with Gasteiger partial charge in [-0.1, -0.05) is 26.2 Å². The van der Waals surface area contributed by atoms with Gasteiger partial charge in [-0.3, -0.25) is 0 Å². The van der Waals surface area contributed by atoms with Crippen molar-refractivity contribution in [2.24, 2.45) is 0 Å². The predicted molar refractivity (Wildman–Crippen MR) is 49.1 cm³/mol. The van der Waals surface area contributed by atoms with E-state index in [-0.39, 0.29) is 6.10 Å². The van der Waals surface area contributed by atoms with E-state index in [1.54, 1.807) is 0 Å². The summed E-state index contributed by atoms with van der Waals surface area (Å²) in [5.74, 6) is 0. The summed E-state index contributed by atoms with van der Waals surface area (Å²) in [4.78, 5) is 0. The van der Waals surface area contributed by atoms with Gasteiger partial charge < -0.3 is 9.84 Å². The summed E-state index contributed by atoms with van der Waals surface area (Å²) >= 11 is 0. The van der Waals surface area contributed by atoms with E-state index < -0.39 is 0 Å². The number of aliphatic hydroxyl groups is 1. The van der Waals surface area contributed by atoms with Gasteiger partial charge in [-0.2, -0.15) is 0 Å². The van der Waals surface area contributed by atoms with Crippen LogP contribution in [0.2, 0.25) is 0 Å². The van der Waals surface area contributed by atoms with Gasteiger partial charge >= 0.3 is 0 Å². The van der Waals surface area contributed by atoms with E-state index in [4.69, 9.17) is 9.84 Å². The normalized spacial score (nSPS) is 30.2. The molecule has 1 N–H and O–H groups in total. The first kappa shape index (κ1) is 10.0. The zero-order valence-electron chi connectivity index (χ0n) is 8.12. The summed E-state index contributed by atoms with van der Waals surface area (Å²) in [6.45, 7) is 4.03. The average Bonchev–Trinajstić information content (AvgIpc) is 2.67. The van der Waals surface area contributed by atoms with Crippen molar-refractivity contribution in [2.75, 3.05) is 0 Å². The Labute approximate surface area is 74.9 Å². The van der Waals surface area contributed by atoms with Crippen molar-refractivity contribution in [3.05, 3.63) is 0 Å². The average molecular weight is 172 g/mol. The molecule has 1 fully saturated rings. The standard InChI is InChI=1S/C10H20O2/c1-3-4-5-6-9-10(12-9)7-8(2)11/h8-11H,3-7H2,1-2H3. The van der Waals surface area contributed by atoms with Crippen LogP contribution in [-0.2, 0) is 4.74 Å². The third-order valence-electron chi connectivity index (χ3n) is 2.35. The van der Waals surface area contributed by atoms with Crippen molar-refractivity contribution in [1.82, 2.24) is 0 Å². The van der Waals surface area contributed by atoms with Crippen LogP contribution in [0, 0.1) is 0 Å². The van der Waals surface area contributed by atoms with Crippen LogP contribution in [-0.4, -0.2) is 23.4 Å². The minimum Gasteiger partial charge on any atom is -0.393 e. The van der Waals surface area contributed by atoms with Gasteiger partial charge in [-0.05, 0) is 13.3 Å². The molecule has 72 valence electrons. The summed E-state index contributed by atoms with van der Waals surface area (Å²) in [5, 5.41) is 9.07. The third kappa shape index (κ3) is 3.55. The quantitative estimate of drug-likeness (QED) is 0.491. The lowest BCUT2D eigenvalue weighted by molar-refractivity contribution is 0.170. The molecule has 1 rings (SSSR count). The van der Waals surface area contributed by atoms with E-state index in [2.05, 4.69) is 6.92 Å². The molecular weight excluding hydrogens is 152 g/mol. The van der Waals surface area contributed by atoms with Crippen LogP contribution in [0.25, 0.3) is 0 Å². The van der Waals surface area contributed by atoms with E-state index in [1.165, 1.54) is 25.7 Å². The molecule has 1 saturated heterocycles. The zero-order valence-corrected chi connectivity index (χ0v) is 8.12. The zero-order chi connectivity index (χ0) is 8.97. The fraction of sp³-hybridized carbons (Fsp3) is 1.00. The van der Waals surface area contributed by atoms with Crippen LogP contribution < -0.4 is 0 Å². The molecule has 2 heteroatoms. The van der Waals surface area contributed by atoms with Crippen molar-refractivity contribution in [1.29, 1.82) is 0 Å². The van der Waals surface area contributed by atoms with Crippen LogP contribution in [0.5, 0.6) is 0 Å².